The maximum absolute atomic E-state index is 6.09. The molecule has 21 heavy (non-hydrogen) atoms. The predicted molar refractivity (Wildman–Crippen MR) is 87.8 cm³/mol. The summed E-state index contributed by atoms with van der Waals surface area (Å²) >= 11 is 0. The smallest absolute Gasteiger partial charge is 0.135 e. The number of ether oxygens (including phenoxy) is 1. The van der Waals surface area contributed by atoms with Crippen molar-refractivity contribution in [2.75, 3.05) is 0 Å². The topological polar surface area (TPSA) is 9.23 Å². The first kappa shape index (κ1) is 12.5. The van der Waals surface area contributed by atoms with Crippen molar-refractivity contribution in [1.82, 2.24) is 0 Å². The van der Waals surface area contributed by atoms with E-state index in [0.717, 1.165) is 12.2 Å². The Hall–Kier alpha value is -2.28. The number of fused-ring (bicyclic) bond motifs is 5. The van der Waals surface area contributed by atoms with Crippen LogP contribution in [0.4, 0.5) is 0 Å². The molecule has 0 unspecified atom stereocenters. The maximum atomic E-state index is 6.09. The molecule has 0 atom stereocenters. The Morgan fingerprint density at radius 2 is 1.81 bits per heavy atom. The molecule has 0 N–H and O–H groups in total. The van der Waals surface area contributed by atoms with Crippen LogP contribution in [0.5, 0.6) is 5.75 Å². The highest BCUT2D eigenvalue weighted by Crippen LogP contribution is 2.42. The highest BCUT2D eigenvalue weighted by Gasteiger charge is 2.19. The molecule has 0 aliphatic carbocycles. The van der Waals surface area contributed by atoms with Gasteiger partial charge in [-0.15, -0.1) is 0 Å². The number of aryl methyl sites for hydroxylation is 2. The van der Waals surface area contributed by atoms with Gasteiger partial charge < -0.3 is 4.74 Å². The summed E-state index contributed by atoms with van der Waals surface area (Å²) in [6.45, 7) is 4.98. The number of rotatable bonds is 1. The Kier molecular flexibility index (Phi) is 2.75. The fraction of sp³-hybridized carbons (Fsp3) is 0.200. The molecule has 0 spiro atoms. The van der Waals surface area contributed by atoms with Crippen LogP contribution in [0.15, 0.2) is 48.5 Å². The molecule has 3 aromatic rings. The van der Waals surface area contributed by atoms with Gasteiger partial charge in [0, 0.05) is 10.9 Å². The minimum absolute atomic E-state index is 0.665. The van der Waals surface area contributed by atoms with Crippen molar-refractivity contribution in [1.29, 1.82) is 0 Å². The lowest BCUT2D eigenvalue weighted by Crippen LogP contribution is -2.06. The summed E-state index contributed by atoms with van der Waals surface area (Å²) in [7, 11) is 0. The molecule has 1 nitrogen and oxygen atoms in total. The lowest BCUT2D eigenvalue weighted by Gasteiger charge is -2.23. The van der Waals surface area contributed by atoms with E-state index in [-0.39, 0.29) is 0 Å². The molecular formula is C20H18O. The van der Waals surface area contributed by atoms with Crippen LogP contribution in [-0.4, -0.2) is 0 Å². The maximum Gasteiger partial charge on any atom is 0.135 e. The SMILES string of the molecule is CCc1ccc2c3c(ccc2c1)-c1ccc(C)cc1CO3. The van der Waals surface area contributed by atoms with Crippen LogP contribution >= 0.6 is 0 Å². The first-order chi connectivity index (χ1) is 10.3. The molecule has 1 aliphatic rings. The second-order valence-corrected chi connectivity index (χ2v) is 5.80. The van der Waals surface area contributed by atoms with Gasteiger partial charge in [0.15, 0.2) is 0 Å². The van der Waals surface area contributed by atoms with E-state index >= 15 is 0 Å². The minimum atomic E-state index is 0.665. The van der Waals surface area contributed by atoms with Gasteiger partial charge in [-0.1, -0.05) is 61.0 Å². The first-order valence-electron chi connectivity index (χ1n) is 7.54. The molecule has 1 aliphatic heterocycles. The van der Waals surface area contributed by atoms with Gasteiger partial charge in [-0.25, -0.2) is 0 Å². The van der Waals surface area contributed by atoms with Gasteiger partial charge in [0.1, 0.15) is 12.4 Å². The van der Waals surface area contributed by atoms with E-state index < -0.39 is 0 Å². The monoisotopic (exact) mass is 274 g/mol. The number of hydrogen-bond donors (Lipinski definition) is 0. The molecular weight excluding hydrogens is 256 g/mol. The third kappa shape index (κ3) is 1.92. The Labute approximate surface area is 125 Å². The van der Waals surface area contributed by atoms with E-state index in [1.165, 1.54) is 38.6 Å². The Morgan fingerprint density at radius 3 is 2.67 bits per heavy atom. The zero-order valence-electron chi connectivity index (χ0n) is 12.4. The highest BCUT2D eigenvalue weighted by molar-refractivity contribution is 5.96. The fourth-order valence-corrected chi connectivity index (χ4v) is 3.19. The van der Waals surface area contributed by atoms with Crippen molar-refractivity contribution in [2.24, 2.45) is 0 Å². The van der Waals surface area contributed by atoms with E-state index in [2.05, 4.69) is 62.4 Å². The highest BCUT2D eigenvalue weighted by atomic mass is 16.5. The van der Waals surface area contributed by atoms with Gasteiger partial charge in [-0.3, -0.25) is 0 Å². The standard InChI is InChI=1S/C20H18O/c1-3-14-5-8-18-15(11-14)6-9-19-17-7-4-13(2)10-16(17)12-21-20(18)19/h4-11H,3,12H2,1-2H3. The van der Waals surface area contributed by atoms with Crippen LogP contribution < -0.4 is 4.74 Å². The summed E-state index contributed by atoms with van der Waals surface area (Å²) in [6, 6.07) is 17.7. The molecule has 0 bridgehead atoms. The van der Waals surface area contributed by atoms with Crippen LogP contribution in [0.2, 0.25) is 0 Å². The quantitative estimate of drug-likeness (QED) is 0.587. The minimum Gasteiger partial charge on any atom is -0.488 e. The zero-order valence-corrected chi connectivity index (χ0v) is 12.4. The summed E-state index contributed by atoms with van der Waals surface area (Å²) < 4.78 is 6.09. The average molecular weight is 274 g/mol. The first-order valence-corrected chi connectivity index (χ1v) is 7.54. The van der Waals surface area contributed by atoms with E-state index in [9.17, 15) is 0 Å². The summed E-state index contributed by atoms with van der Waals surface area (Å²) in [5, 5.41) is 2.49. The molecule has 1 heteroatoms. The summed E-state index contributed by atoms with van der Waals surface area (Å²) in [5.74, 6) is 1.03. The molecule has 104 valence electrons. The second kappa shape index (κ2) is 4.63. The van der Waals surface area contributed by atoms with Gasteiger partial charge >= 0.3 is 0 Å². The van der Waals surface area contributed by atoms with Crippen LogP contribution in [-0.2, 0) is 13.0 Å². The molecule has 0 saturated heterocycles. The average Bonchev–Trinajstić information content (AvgIpc) is 2.53. The van der Waals surface area contributed by atoms with Crippen LogP contribution in [0.1, 0.15) is 23.6 Å². The van der Waals surface area contributed by atoms with Crippen LogP contribution in [0, 0.1) is 6.92 Å². The molecule has 4 rings (SSSR count). The summed E-state index contributed by atoms with van der Waals surface area (Å²) in [4.78, 5) is 0. The fourth-order valence-electron chi connectivity index (χ4n) is 3.19. The van der Waals surface area contributed by atoms with E-state index in [0.29, 0.717) is 6.61 Å². The molecule has 0 amide bonds. The van der Waals surface area contributed by atoms with Crippen molar-refractivity contribution >= 4 is 10.8 Å². The van der Waals surface area contributed by atoms with Crippen molar-refractivity contribution in [3.63, 3.8) is 0 Å². The van der Waals surface area contributed by atoms with Gasteiger partial charge in [-0.2, -0.15) is 0 Å². The molecule has 0 radical (unpaired) electrons. The van der Waals surface area contributed by atoms with E-state index in [1.807, 2.05) is 0 Å². The molecule has 0 aromatic heterocycles. The van der Waals surface area contributed by atoms with E-state index in [4.69, 9.17) is 4.74 Å². The predicted octanol–water partition coefficient (Wildman–Crippen LogP) is 5.27. The van der Waals surface area contributed by atoms with Crippen molar-refractivity contribution in [2.45, 2.75) is 26.9 Å². The largest absolute Gasteiger partial charge is 0.488 e. The van der Waals surface area contributed by atoms with Gasteiger partial charge in [0.05, 0.1) is 0 Å². The third-order valence-corrected chi connectivity index (χ3v) is 4.37. The number of benzene rings is 3. The molecule has 0 saturated carbocycles. The molecule has 3 aromatic carbocycles. The Balaban J connectivity index is 1.97. The van der Waals surface area contributed by atoms with E-state index in [1.54, 1.807) is 0 Å². The van der Waals surface area contributed by atoms with Crippen molar-refractivity contribution in [3.05, 3.63) is 65.2 Å². The lowest BCUT2D eigenvalue weighted by molar-refractivity contribution is 0.306. The third-order valence-electron chi connectivity index (χ3n) is 4.37. The number of hydrogen-bond acceptors (Lipinski definition) is 1. The summed E-state index contributed by atoms with van der Waals surface area (Å²) in [6.07, 6.45) is 1.07. The summed E-state index contributed by atoms with van der Waals surface area (Å²) in [5.41, 5.74) is 6.46. The van der Waals surface area contributed by atoms with Gasteiger partial charge in [0.25, 0.3) is 0 Å². The zero-order chi connectivity index (χ0) is 14.4. The Morgan fingerprint density at radius 1 is 0.952 bits per heavy atom. The normalized spacial score (nSPS) is 12.7. The molecule has 1 heterocycles. The van der Waals surface area contributed by atoms with Gasteiger partial charge in [0.2, 0.25) is 0 Å². The van der Waals surface area contributed by atoms with Gasteiger partial charge in [-0.05, 0) is 35.4 Å². The molecule has 0 fully saturated rings. The van der Waals surface area contributed by atoms with Crippen molar-refractivity contribution in [3.8, 4) is 16.9 Å². The van der Waals surface area contributed by atoms with Crippen molar-refractivity contribution < 1.29 is 4.74 Å². The van der Waals surface area contributed by atoms with Crippen LogP contribution in [0.25, 0.3) is 21.9 Å². The Bertz CT molecular complexity index is 846. The second-order valence-electron chi connectivity index (χ2n) is 5.80. The van der Waals surface area contributed by atoms with Crippen LogP contribution in [0.3, 0.4) is 0 Å². The lowest BCUT2D eigenvalue weighted by atomic mass is 9.92.